The van der Waals surface area contributed by atoms with Gasteiger partial charge in [-0.25, -0.2) is 14.4 Å². The van der Waals surface area contributed by atoms with Crippen molar-refractivity contribution in [2.75, 3.05) is 13.1 Å². The fourth-order valence-corrected chi connectivity index (χ4v) is 3.14. The highest BCUT2D eigenvalue weighted by Gasteiger charge is 2.25. The summed E-state index contributed by atoms with van der Waals surface area (Å²) in [7, 11) is 0. The largest absolute Gasteiger partial charge is 0.458 e. The number of amides is 1. The Hall–Kier alpha value is -2.02. The minimum Gasteiger partial charge on any atom is -0.458 e. The Morgan fingerprint density at radius 1 is 1.45 bits per heavy atom. The molecule has 3 heterocycles. The standard InChI is InChI=1S/C15H16FN3O2S/c16-11-8-17-15(18-9-11)21-12-3-1-5-19(10-12)14(20)7-13-4-2-6-22-13/h2,4,6,8-9,12H,1,3,5,7,10H2. The summed E-state index contributed by atoms with van der Waals surface area (Å²) < 4.78 is 18.4. The maximum atomic E-state index is 12.8. The van der Waals surface area contributed by atoms with Crippen LogP contribution in [0.4, 0.5) is 4.39 Å². The zero-order valence-electron chi connectivity index (χ0n) is 11.9. The molecule has 2 aromatic heterocycles. The van der Waals surface area contributed by atoms with Crippen molar-refractivity contribution in [3.8, 4) is 6.01 Å². The quantitative estimate of drug-likeness (QED) is 0.867. The molecule has 0 aliphatic carbocycles. The molecule has 1 aliphatic rings. The third-order valence-corrected chi connectivity index (χ3v) is 4.38. The van der Waals surface area contributed by atoms with E-state index in [9.17, 15) is 9.18 Å². The van der Waals surface area contributed by atoms with Crippen LogP contribution in [0.3, 0.4) is 0 Å². The molecular formula is C15H16FN3O2S. The second kappa shape index (κ2) is 6.83. The maximum absolute atomic E-state index is 12.8. The third kappa shape index (κ3) is 3.79. The summed E-state index contributed by atoms with van der Waals surface area (Å²) in [5.41, 5.74) is 0. The van der Waals surface area contributed by atoms with E-state index in [2.05, 4.69) is 9.97 Å². The van der Waals surface area contributed by atoms with Crippen molar-refractivity contribution in [1.82, 2.24) is 14.9 Å². The average molecular weight is 321 g/mol. The first kappa shape index (κ1) is 14.9. The van der Waals surface area contributed by atoms with Gasteiger partial charge in [-0.3, -0.25) is 4.79 Å². The van der Waals surface area contributed by atoms with Crippen molar-refractivity contribution in [3.05, 3.63) is 40.6 Å². The summed E-state index contributed by atoms with van der Waals surface area (Å²) in [6, 6.07) is 4.06. The lowest BCUT2D eigenvalue weighted by Crippen LogP contribution is -2.45. The Morgan fingerprint density at radius 3 is 3.00 bits per heavy atom. The number of piperidine rings is 1. The summed E-state index contributed by atoms with van der Waals surface area (Å²) in [6.45, 7) is 1.26. The van der Waals surface area contributed by atoms with Crippen molar-refractivity contribution in [1.29, 1.82) is 0 Å². The molecule has 3 rings (SSSR count). The number of hydrogen-bond donors (Lipinski definition) is 0. The Bertz CT molecular complexity index is 618. The second-order valence-corrected chi connectivity index (χ2v) is 6.19. The van der Waals surface area contributed by atoms with Crippen LogP contribution >= 0.6 is 11.3 Å². The molecule has 2 aromatic rings. The van der Waals surface area contributed by atoms with Crippen LogP contribution in [0.2, 0.25) is 0 Å². The van der Waals surface area contributed by atoms with Gasteiger partial charge in [-0.15, -0.1) is 11.3 Å². The van der Waals surface area contributed by atoms with Gasteiger partial charge < -0.3 is 9.64 Å². The summed E-state index contributed by atoms with van der Waals surface area (Å²) >= 11 is 1.59. The molecule has 0 radical (unpaired) electrons. The monoisotopic (exact) mass is 321 g/mol. The number of likely N-dealkylation sites (tertiary alicyclic amines) is 1. The van der Waals surface area contributed by atoms with Crippen LogP contribution < -0.4 is 4.74 Å². The van der Waals surface area contributed by atoms with E-state index in [1.54, 1.807) is 11.3 Å². The highest BCUT2D eigenvalue weighted by molar-refractivity contribution is 7.10. The summed E-state index contributed by atoms with van der Waals surface area (Å²) in [5, 5.41) is 1.97. The van der Waals surface area contributed by atoms with Gasteiger partial charge in [0.2, 0.25) is 5.91 Å². The number of aromatic nitrogens is 2. The minimum absolute atomic E-state index is 0.107. The van der Waals surface area contributed by atoms with Crippen LogP contribution in [0.5, 0.6) is 6.01 Å². The van der Waals surface area contributed by atoms with Gasteiger partial charge in [-0.05, 0) is 24.3 Å². The normalized spacial score (nSPS) is 18.2. The third-order valence-electron chi connectivity index (χ3n) is 3.51. The summed E-state index contributed by atoms with van der Waals surface area (Å²) in [6.07, 6.45) is 4.14. The molecule has 0 spiro atoms. The van der Waals surface area contributed by atoms with Gasteiger partial charge in [0.25, 0.3) is 0 Å². The van der Waals surface area contributed by atoms with Gasteiger partial charge in [0.05, 0.1) is 25.4 Å². The first-order valence-electron chi connectivity index (χ1n) is 7.15. The van der Waals surface area contributed by atoms with Gasteiger partial charge in [-0.2, -0.15) is 0 Å². The van der Waals surface area contributed by atoms with Crippen LogP contribution in [0.25, 0.3) is 0 Å². The van der Waals surface area contributed by atoms with E-state index < -0.39 is 5.82 Å². The number of carbonyl (C=O) groups is 1. The predicted octanol–water partition coefficient (Wildman–Crippen LogP) is 2.29. The number of nitrogens with zero attached hydrogens (tertiary/aromatic N) is 3. The van der Waals surface area contributed by atoms with Crippen molar-refractivity contribution in [2.24, 2.45) is 0 Å². The smallest absolute Gasteiger partial charge is 0.316 e. The fourth-order valence-electron chi connectivity index (χ4n) is 2.45. The van der Waals surface area contributed by atoms with Crippen LogP contribution in [0.15, 0.2) is 29.9 Å². The van der Waals surface area contributed by atoms with Crippen molar-refractivity contribution in [2.45, 2.75) is 25.4 Å². The lowest BCUT2D eigenvalue weighted by molar-refractivity contribution is -0.133. The Labute approximate surface area is 131 Å². The second-order valence-electron chi connectivity index (χ2n) is 5.16. The van der Waals surface area contributed by atoms with Crippen LogP contribution in [-0.4, -0.2) is 40.0 Å². The number of thiophene rings is 1. The molecule has 116 valence electrons. The molecule has 1 atom stereocenters. The molecule has 0 saturated carbocycles. The molecule has 22 heavy (non-hydrogen) atoms. The first-order valence-corrected chi connectivity index (χ1v) is 8.03. The van der Waals surface area contributed by atoms with Gasteiger partial charge in [0, 0.05) is 11.4 Å². The van der Waals surface area contributed by atoms with E-state index in [4.69, 9.17) is 4.74 Å². The molecule has 1 aliphatic heterocycles. The molecule has 1 amide bonds. The number of carbonyl (C=O) groups excluding carboxylic acids is 1. The number of ether oxygens (including phenoxy) is 1. The molecule has 1 fully saturated rings. The number of halogens is 1. The minimum atomic E-state index is -0.497. The van der Waals surface area contributed by atoms with Gasteiger partial charge >= 0.3 is 6.01 Å². The van der Waals surface area contributed by atoms with Crippen molar-refractivity contribution < 1.29 is 13.9 Å². The lowest BCUT2D eigenvalue weighted by Gasteiger charge is -2.32. The van der Waals surface area contributed by atoms with E-state index in [1.807, 2.05) is 22.4 Å². The molecule has 0 bridgehead atoms. The maximum Gasteiger partial charge on any atom is 0.316 e. The van der Waals surface area contributed by atoms with E-state index in [0.717, 1.165) is 36.7 Å². The first-order chi connectivity index (χ1) is 10.7. The van der Waals surface area contributed by atoms with Crippen LogP contribution in [0, 0.1) is 5.82 Å². The zero-order chi connectivity index (χ0) is 15.4. The summed E-state index contributed by atoms with van der Waals surface area (Å²) in [5.74, 6) is -0.389. The van der Waals surface area contributed by atoms with Crippen LogP contribution in [-0.2, 0) is 11.2 Å². The Kier molecular flexibility index (Phi) is 4.62. The van der Waals surface area contributed by atoms with E-state index in [1.165, 1.54) is 0 Å². The molecule has 0 aromatic carbocycles. The molecule has 7 heteroatoms. The highest BCUT2D eigenvalue weighted by Crippen LogP contribution is 2.17. The van der Waals surface area contributed by atoms with E-state index in [-0.39, 0.29) is 18.0 Å². The Balaban J connectivity index is 1.56. The molecule has 0 N–H and O–H groups in total. The molecule has 1 saturated heterocycles. The number of rotatable bonds is 4. The predicted molar refractivity (Wildman–Crippen MR) is 80.2 cm³/mol. The highest BCUT2D eigenvalue weighted by atomic mass is 32.1. The van der Waals surface area contributed by atoms with Crippen LogP contribution in [0.1, 0.15) is 17.7 Å². The van der Waals surface area contributed by atoms with Gasteiger partial charge in [0.15, 0.2) is 5.82 Å². The van der Waals surface area contributed by atoms with Crippen molar-refractivity contribution in [3.63, 3.8) is 0 Å². The van der Waals surface area contributed by atoms with Gasteiger partial charge in [0.1, 0.15) is 6.10 Å². The number of hydrogen-bond acceptors (Lipinski definition) is 5. The molecular weight excluding hydrogens is 305 g/mol. The van der Waals surface area contributed by atoms with Crippen molar-refractivity contribution >= 4 is 17.2 Å². The Morgan fingerprint density at radius 2 is 2.27 bits per heavy atom. The van der Waals surface area contributed by atoms with Gasteiger partial charge in [-0.1, -0.05) is 6.07 Å². The van der Waals surface area contributed by atoms with E-state index >= 15 is 0 Å². The topological polar surface area (TPSA) is 55.3 Å². The SMILES string of the molecule is O=C(Cc1cccs1)N1CCCC(Oc2ncc(F)cn2)C1. The summed E-state index contributed by atoms with van der Waals surface area (Å²) in [4.78, 5) is 22.8. The zero-order valence-corrected chi connectivity index (χ0v) is 12.8. The lowest BCUT2D eigenvalue weighted by atomic mass is 10.1. The van der Waals surface area contributed by atoms with E-state index in [0.29, 0.717) is 13.0 Å². The average Bonchev–Trinajstić information content (AvgIpc) is 3.03. The fraction of sp³-hybridized carbons (Fsp3) is 0.400. The molecule has 5 nitrogen and oxygen atoms in total. The molecule has 1 unspecified atom stereocenters.